The zero-order chi connectivity index (χ0) is 19.3. The summed E-state index contributed by atoms with van der Waals surface area (Å²) < 4.78 is 35.1. The van der Waals surface area contributed by atoms with Gasteiger partial charge in [-0.25, -0.2) is 4.79 Å². The molecule has 0 bridgehead atoms. The van der Waals surface area contributed by atoms with Gasteiger partial charge in [-0.05, 0) is 33.3 Å². The molecule has 4 atom stereocenters. The number of rotatable bonds is 5. The Morgan fingerprint density at radius 3 is 2.48 bits per heavy atom. The van der Waals surface area contributed by atoms with Gasteiger partial charge in [-0.15, -0.1) is 0 Å². The number of hydrogen-bond acceptors (Lipinski definition) is 7. The number of cyclic esters (lactones) is 1. The van der Waals surface area contributed by atoms with Crippen molar-refractivity contribution in [1.29, 1.82) is 0 Å². The summed E-state index contributed by atoms with van der Waals surface area (Å²) >= 11 is 0. The van der Waals surface area contributed by atoms with Crippen LogP contribution in [-0.4, -0.2) is 54.7 Å². The van der Waals surface area contributed by atoms with Gasteiger partial charge in [0.25, 0.3) is 0 Å². The fourth-order valence-corrected chi connectivity index (χ4v) is 3.91. The van der Waals surface area contributed by atoms with Gasteiger partial charge in [-0.3, -0.25) is 0 Å². The Kier molecular flexibility index (Phi) is 4.56. The first-order chi connectivity index (χ1) is 12.7. The number of carbonyl (C=O) groups is 1. The molecule has 0 N–H and O–H groups in total. The van der Waals surface area contributed by atoms with Crippen LogP contribution < -0.4 is 0 Å². The third-order valence-corrected chi connectivity index (χ3v) is 5.01. The lowest BCUT2D eigenvalue weighted by Gasteiger charge is -2.25. The predicted molar refractivity (Wildman–Crippen MR) is 93.7 cm³/mol. The average Bonchev–Trinajstić information content (AvgIpc) is 3.17. The lowest BCUT2D eigenvalue weighted by molar-refractivity contribution is -0.212. The maximum Gasteiger partial charge on any atom is 0.344 e. The van der Waals surface area contributed by atoms with E-state index >= 15 is 0 Å². The first-order valence-electron chi connectivity index (χ1n) is 9.23. The molecule has 0 aromatic heterocycles. The molecule has 0 aliphatic carbocycles. The fourth-order valence-electron chi connectivity index (χ4n) is 3.91. The van der Waals surface area contributed by atoms with Gasteiger partial charge in [0.15, 0.2) is 17.7 Å². The molecule has 1 aromatic carbocycles. The van der Waals surface area contributed by atoms with Crippen LogP contribution in [0.1, 0.15) is 33.3 Å². The van der Waals surface area contributed by atoms with Gasteiger partial charge in [0.2, 0.25) is 5.60 Å². The Balaban J connectivity index is 1.51. The Morgan fingerprint density at radius 2 is 1.81 bits per heavy atom. The van der Waals surface area contributed by atoms with E-state index in [1.165, 1.54) is 0 Å². The van der Waals surface area contributed by atoms with Gasteiger partial charge in [0, 0.05) is 0 Å². The molecule has 0 unspecified atom stereocenters. The van der Waals surface area contributed by atoms with E-state index in [0.29, 0.717) is 13.2 Å². The van der Waals surface area contributed by atoms with Crippen LogP contribution in [-0.2, 0) is 39.8 Å². The summed E-state index contributed by atoms with van der Waals surface area (Å²) in [5.74, 6) is -2.13. The van der Waals surface area contributed by atoms with Crippen molar-refractivity contribution in [3.05, 3.63) is 35.9 Å². The molecule has 0 saturated carbocycles. The highest BCUT2D eigenvalue weighted by atomic mass is 16.8. The molecule has 148 valence electrons. The minimum atomic E-state index is -1.31. The molecule has 27 heavy (non-hydrogen) atoms. The largest absolute Gasteiger partial charge is 0.454 e. The van der Waals surface area contributed by atoms with Gasteiger partial charge < -0.3 is 28.4 Å². The molecule has 1 aromatic rings. The van der Waals surface area contributed by atoms with Crippen molar-refractivity contribution in [3.63, 3.8) is 0 Å². The SMILES string of the molecule is CC1(C)OC[C@H]([C@H]2OC(=O)[C@]3(COCc4ccccc4)OC(C)(C)O[C@H]23)O1. The summed E-state index contributed by atoms with van der Waals surface area (Å²) in [5, 5.41) is 0. The second-order valence-corrected chi connectivity index (χ2v) is 8.15. The Bertz CT molecular complexity index is 702. The Labute approximate surface area is 158 Å². The topological polar surface area (TPSA) is 72.5 Å². The third kappa shape index (κ3) is 3.50. The van der Waals surface area contributed by atoms with Crippen molar-refractivity contribution in [1.82, 2.24) is 0 Å². The van der Waals surface area contributed by atoms with E-state index in [-0.39, 0.29) is 6.61 Å². The molecule has 3 aliphatic heterocycles. The Morgan fingerprint density at radius 1 is 1.07 bits per heavy atom. The van der Waals surface area contributed by atoms with Crippen molar-refractivity contribution >= 4 is 5.97 Å². The summed E-state index contributed by atoms with van der Waals surface area (Å²) in [6.45, 7) is 7.96. The second-order valence-electron chi connectivity index (χ2n) is 8.15. The number of hydrogen-bond donors (Lipinski definition) is 0. The number of esters is 1. The van der Waals surface area contributed by atoms with Crippen LogP contribution >= 0.6 is 0 Å². The highest BCUT2D eigenvalue weighted by Crippen LogP contribution is 2.46. The van der Waals surface area contributed by atoms with Crippen LogP contribution in [0.25, 0.3) is 0 Å². The number of fused-ring (bicyclic) bond motifs is 1. The monoisotopic (exact) mass is 378 g/mol. The minimum absolute atomic E-state index is 0.0439. The van der Waals surface area contributed by atoms with E-state index in [1.807, 2.05) is 44.2 Å². The van der Waals surface area contributed by atoms with Crippen molar-refractivity contribution in [3.8, 4) is 0 Å². The quantitative estimate of drug-likeness (QED) is 0.727. The molecule has 0 spiro atoms. The van der Waals surface area contributed by atoms with Gasteiger partial charge in [-0.2, -0.15) is 0 Å². The Hall–Kier alpha value is -1.51. The minimum Gasteiger partial charge on any atom is -0.454 e. The first-order valence-corrected chi connectivity index (χ1v) is 9.23. The normalized spacial score (nSPS) is 36.6. The van der Waals surface area contributed by atoms with Gasteiger partial charge in [0.05, 0.1) is 19.8 Å². The lowest BCUT2D eigenvalue weighted by Crippen LogP contribution is -2.50. The smallest absolute Gasteiger partial charge is 0.344 e. The van der Waals surface area contributed by atoms with Crippen LogP contribution in [0.4, 0.5) is 0 Å². The highest BCUT2D eigenvalue weighted by Gasteiger charge is 2.69. The highest BCUT2D eigenvalue weighted by molar-refractivity contribution is 5.84. The van der Waals surface area contributed by atoms with Crippen molar-refractivity contribution < 1.29 is 33.2 Å². The first kappa shape index (κ1) is 18.8. The fraction of sp³-hybridized carbons (Fsp3) is 0.650. The summed E-state index contributed by atoms with van der Waals surface area (Å²) in [7, 11) is 0. The predicted octanol–water partition coefficient (Wildman–Crippen LogP) is 2.17. The van der Waals surface area contributed by atoms with Crippen LogP contribution in [0.2, 0.25) is 0 Å². The van der Waals surface area contributed by atoms with Gasteiger partial charge in [-0.1, -0.05) is 30.3 Å². The zero-order valence-electron chi connectivity index (χ0n) is 16.1. The molecule has 0 amide bonds. The van der Waals surface area contributed by atoms with Crippen LogP contribution in [0.15, 0.2) is 30.3 Å². The number of carbonyl (C=O) groups excluding carboxylic acids is 1. The lowest BCUT2D eigenvalue weighted by atomic mass is 9.94. The summed E-state index contributed by atoms with van der Waals surface area (Å²) in [6.07, 6.45) is -1.65. The van der Waals surface area contributed by atoms with Crippen molar-refractivity contribution in [2.45, 2.75) is 69.8 Å². The number of benzene rings is 1. The summed E-state index contributed by atoms with van der Waals surface area (Å²) in [4.78, 5) is 12.8. The molecule has 0 radical (unpaired) electrons. The molecular weight excluding hydrogens is 352 g/mol. The molecule has 7 heteroatoms. The van der Waals surface area contributed by atoms with Gasteiger partial charge >= 0.3 is 5.97 Å². The maximum atomic E-state index is 12.8. The molecule has 3 aliphatic rings. The molecule has 7 nitrogen and oxygen atoms in total. The molecule has 3 fully saturated rings. The van der Waals surface area contributed by atoms with Crippen molar-refractivity contribution in [2.75, 3.05) is 13.2 Å². The van der Waals surface area contributed by atoms with Crippen LogP contribution in [0, 0.1) is 0 Å². The molecule has 3 saturated heterocycles. The number of ether oxygens (including phenoxy) is 6. The summed E-state index contributed by atoms with van der Waals surface area (Å²) in [6, 6.07) is 9.76. The molecule has 4 rings (SSSR count). The molecular formula is C20H26O7. The van der Waals surface area contributed by atoms with Crippen molar-refractivity contribution in [2.24, 2.45) is 0 Å². The summed E-state index contributed by atoms with van der Waals surface area (Å²) in [5.41, 5.74) is -0.292. The molecule has 3 heterocycles. The zero-order valence-corrected chi connectivity index (χ0v) is 16.1. The van der Waals surface area contributed by atoms with E-state index in [1.54, 1.807) is 13.8 Å². The van der Waals surface area contributed by atoms with E-state index in [9.17, 15) is 4.79 Å². The van der Waals surface area contributed by atoms with Crippen LogP contribution in [0.3, 0.4) is 0 Å². The standard InChI is InChI=1S/C20H26O7/c1-18(2)23-11-14(25-18)15-16-20(17(21)24-15,27-19(3,4)26-16)12-22-10-13-8-6-5-7-9-13/h5-9,14-16H,10-12H2,1-4H3/t14-,15-,16-,20-/m1/s1. The average molecular weight is 378 g/mol. The van der Waals surface area contributed by atoms with Crippen LogP contribution in [0.5, 0.6) is 0 Å². The van der Waals surface area contributed by atoms with E-state index < -0.39 is 41.5 Å². The van der Waals surface area contributed by atoms with E-state index in [2.05, 4.69) is 0 Å². The van der Waals surface area contributed by atoms with Gasteiger partial charge in [0.1, 0.15) is 12.2 Å². The second kappa shape index (κ2) is 6.53. The van der Waals surface area contributed by atoms with E-state index in [0.717, 1.165) is 5.56 Å². The van der Waals surface area contributed by atoms with E-state index in [4.69, 9.17) is 28.4 Å². The third-order valence-electron chi connectivity index (χ3n) is 5.01. The maximum absolute atomic E-state index is 12.8.